The zero-order chi connectivity index (χ0) is 17.2. The lowest BCUT2D eigenvalue weighted by atomic mass is 9.94. The van der Waals surface area contributed by atoms with Crippen molar-refractivity contribution in [3.63, 3.8) is 0 Å². The van der Waals surface area contributed by atoms with Crippen LogP contribution >= 0.6 is 11.8 Å². The largest absolute Gasteiger partial charge is 0.353 e. The third-order valence-electron chi connectivity index (χ3n) is 5.04. The van der Waals surface area contributed by atoms with Gasteiger partial charge in [-0.2, -0.15) is 0 Å². The van der Waals surface area contributed by atoms with Gasteiger partial charge in [0.1, 0.15) is 10.8 Å². The minimum Gasteiger partial charge on any atom is -0.353 e. The number of rotatable bonds is 3. The Morgan fingerprint density at radius 2 is 2.08 bits per heavy atom. The van der Waals surface area contributed by atoms with E-state index in [2.05, 4.69) is 24.8 Å². The molecule has 3 aliphatic heterocycles. The second-order valence-electron chi connectivity index (χ2n) is 6.58. The van der Waals surface area contributed by atoms with Crippen LogP contribution in [-0.4, -0.2) is 57.7 Å². The Balaban J connectivity index is 1.59. The molecule has 25 heavy (non-hydrogen) atoms. The van der Waals surface area contributed by atoms with Crippen LogP contribution in [0.1, 0.15) is 23.2 Å². The van der Waals surface area contributed by atoms with Crippen molar-refractivity contribution in [2.45, 2.75) is 23.9 Å². The van der Waals surface area contributed by atoms with Crippen LogP contribution in [0, 0.1) is 5.92 Å². The Morgan fingerprint density at radius 3 is 2.88 bits per heavy atom. The van der Waals surface area contributed by atoms with Crippen LogP contribution in [0.5, 0.6) is 0 Å². The molecule has 2 atom stereocenters. The maximum atomic E-state index is 13.2. The van der Waals surface area contributed by atoms with E-state index in [0.717, 1.165) is 43.3 Å². The Hall–Kier alpha value is -2.15. The first-order valence-corrected chi connectivity index (χ1v) is 9.79. The quantitative estimate of drug-likeness (QED) is 0.788. The number of pyridine rings is 1. The molecule has 5 rings (SSSR count). The minimum absolute atomic E-state index is 0.105. The third-order valence-corrected chi connectivity index (χ3v) is 5.75. The topological polar surface area (TPSA) is 62.2 Å². The summed E-state index contributed by atoms with van der Waals surface area (Å²) in [5.74, 6) is 1.48. The monoisotopic (exact) mass is 355 g/mol. The summed E-state index contributed by atoms with van der Waals surface area (Å²) in [5.41, 5.74) is 0.716. The summed E-state index contributed by atoms with van der Waals surface area (Å²) in [6.07, 6.45) is 11.1. The van der Waals surface area contributed by atoms with Gasteiger partial charge in [0.25, 0.3) is 5.91 Å². The van der Waals surface area contributed by atoms with Crippen molar-refractivity contribution < 1.29 is 4.79 Å². The minimum atomic E-state index is 0.105. The number of anilines is 1. The summed E-state index contributed by atoms with van der Waals surface area (Å²) >= 11 is 1.52. The molecule has 0 aromatic carbocycles. The van der Waals surface area contributed by atoms with Crippen LogP contribution in [0.4, 0.5) is 5.82 Å². The number of hydrogen-bond donors (Lipinski definition) is 0. The number of amides is 1. The van der Waals surface area contributed by atoms with E-state index in [1.165, 1.54) is 11.8 Å². The van der Waals surface area contributed by atoms with Gasteiger partial charge in [0.15, 0.2) is 0 Å². The third kappa shape index (κ3) is 3.20. The second kappa shape index (κ2) is 7.00. The van der Waals surface area contributed by atoms with Crippen LogP contribution in [-0.2, 0) is 0 Å². The summed E-state index contributed by atoms with van der Waals surface area (Å²) in [6.45, 7) is 2.56. The highest BCUT2D eigenvalue weighted by atomic mass is 32.2. The van der Waals surface area contributed by atoms with Gasteiger partial charge in [0, 0.05) is 44.3 Å². The van der Waals surface area contributed by atoms with E-state index < -0.39 is 0 Å². The first-order chi connectivity index (χ1) is 12.3. The fraction of sp³-hybridized carbons (Fsp3) is 0.444. The summed E-state index contributed by atoms with van der Waals surface area (Å²) in [5, 5.41) is 0.804. The molecule has 130 valence electrons. The highest BCUT2D eigenvalue weighted by molar-refractivity contribution is 7.98. The number of carbonyl (C=O) groups is 1. The van der Waals surface area contributed by atoms with Gasteiger partial charge in [-0.05, 0) is 37.1 Å². The SMILES string of the molecule is CSc1ncccc1C(=O)N1C[C@@H]2CC[C@H]1CN(c1cnccn1)C2. The molecule has 0 N–H and O–H groups in total. The van der Waals surface area contributed by atoms with E-state index in [9.17, 15) is 4.79 Å². The highest BCUT2D eigenvalue weighted by Crippen LogP contribution is 2.31. The molecule has 0 aliphatic carbocycles. The zero-order valence-electron chi connectivity index (χ0n) is 14.2. The fourth-order valence-electron chi connectivity index (χ4n) is 3.84. The average Bonchev–Trinajstić information content (AvgIpc) is 3.00. The lowest BCUT2D eigenvalue weighted by Crippen LogP contribution is -2.47. The molecule has 0 saturated carbocycles. The van der Waals surface area contributed by atoms with Gasteiger partial charge in [-0.3, -0.25) is 9.78 Å². The first-order valence-electron chi connectivity index (χ1n) is 8.57. The number of hydrogen-bond acceptors (Lipinski definition) is 6. The molecule has 0 radical (unpaired) electrons. The summed E-state index contributed by atoms with van der Waals surface area (Å²) < 4.78 is 0. The van der Waals surface area contributed by atoms with Gasteiger partial charge < -0.3 is 9.80 Å². The molecule has 2 bridgehead atoms. The van der Waals surface area contributed by atoms with Crippen LogP contribution in [0.3, 0.4) is 0 Å². The number of aromatic nitrogens is 3. The van der Waals surface area contributed by atoms with Crippen molar-refractivity contribution in [1.29, 1.82) is 0 Å². The van der Waals surface area contributed by atoms with Gasteiger partial charge in [-0.15, -0.1) is 11.8 Å². The molecule has 1 amide bonds. The van der Waals surface area contributed by atoms with Crippen molar-refractivity contribution in [2.24, 2.45) is 5.92 Å². The number of piperidine rings is 1. The van der Waals surface area contributed by atoms with Crippen molar-refractivity contribution >= 4 is 23.5 Å². The average molecular weight is 355 g/mol. The van der Waals surface area contributed by atoms with Crippen LogP contribution in [0.2, 0.25) is 0 Å². The highest BCUT2D eigenvalue weighted by Gasteiger charge is 2.38. The Labute approximate surface area is 151 Å². The molecular weight excluding hydrogens is 334 g/mol. The molecule has 0 spiro atoms. The second-order valence-corrected chi connectivity index (χ2v) is 7.38. The van der Waals surface area contributed by atoms with Gasteiger partial charge in [0.2, 0.25) is 0 Å². The van der Waals surface area contributed by atoms with E-state index in [1.807, 2.05) is 24.6 Å². The van der Waals surface area contributed by atoms with Gasteiger partial charge in [-0.1, -0.05) is 0 Å². The van der Waals surface area contributed by atoms with E-state index >= 15 is 0 Å². The molecule has 2 aromatic heterocycles. The van der Waals surface area contributed by atoms with Crippen LogP contribution < -0.4 is 4.90 Å². The number of fused-ring (bicyclic) bond motifs is 4. The van der Waals surface area contributed by atoms with E-state index in [0.29, 0.717) is 11.5 Å². The lowest BCUT2D eigenvalue weighted by Gasteiger charge is -2.36. The Kier molecular flexibility index (Phi) is 4.57. The Bertz CT molecular complexity index is 756. The van der Waals surface area contributed by atoms with E-state index in [4.69, 9.17) is 0 Å². The molecule has 3 aliphatic rings. The number of nitrogens with zero attached hydrogens (tertiary/aromatic N) is 5. The molecular formula is C18H21N5OS. The molecule has 0 unspecified atom stereocenters. The van der Waals surface area contributed by atoms with Crippen LogP contribution in [0.15, 0.2) is 41.9 Å². The first kappa shape index (κ1) is 16.3. The van der Waals surface area contributed by atoms with E-state index in [-0.39, 0.29) is 11.9 Å². The standard InChI is InChI=1S/C18H21N5OS/c1-25-17-15(3-2-6-21-17)18(24)23-11-13-4-5-14(23)12-22(10-13)16-9-19-7-8-20-16/h2-3,6-9,13-14H,4-5,10-12H2,1H3/t13-,14+/m1/s1. The smallest absolute Gasteiger partial charge is 0.256 e. The van der Waals surface area contributed by atoms with E-state index in [1.54, 1.807) is 18.6 Å². The van der Waals surface area contributed by atoms with Crippen LogP contribution in [0.25, 0.3) is 0 Å². The zero-order valence-corrected chi connectivity index (χ0v) is 15.0. The predicted octanol–water partition coefficient (Wildman–Crippen LogP) is 2.33. The summed E-state index contributed by atoms with van der Waals surface area (Å²) in [7, 11) is 0. The van der Waals surface area contributed by atoms with Crippen molar-refractivity contribution in [3.8, 4) is 0 Å². The Morgan fingerprint density at radius 1 is 1.16 bits per heavy atom. The van der Waals surface area contributed by atoms with Gasteiger partial charge in [0.05, 0.1) is 11.8 Å². The number of thioether (sulfide) groups is 1. The summed E-state index contributed by atoms with van der Waals surface area (Å²) in [6, 6.07) is 3.94. The van der Waals surface area contributed by atoms with Crippen molar-refractivity contribution in [2.75, 3.05) is 30.8 Å². The molecule has 6 nitrogen and oxygen atoms in total. The molecule has 7 heteroatoms. The lowest BCUT2D eigenvalue weighted by molar-refractivity contribution is 0.0587. The molecule has 3 saturated heterocycles. The predicted molar refractivity (Wildman–Crippen MR) is 97.8 cm³/mol. The summed E-state index contributed by atoms with van der Waals surface area (Å²) in [4.78, 5) is 30.5. The maximum Gasteiger partial charge on any atom is 0.256 e. The molecule has 2 aromatic rings. The molecule has 3 fully saturated rings. The molecule has 5 heterocycles. The fourth-order valence-corrected chi connectivity index (χ4v) is 4.38. The maximum absolute atomic E-state index is 13.2. The van der Waals surface area contributed by atoms with Gasteiger partial charge in [-0.25, -0.2) is 9.97 Å². The number of carbonyl (C=O) groups excluding carboxylic acids is 1. The normalized spacial score (nSPS) is 22.8. The van der Waals surface area contributed by atoms with Gasteiger partial charge >= 0.3 is 0 Å². The van der Waals surface area contributed by atoms with Crippen molar-refractivity contribution in [1.82, 2.24) is 19.9 Å². The van der Waals surface area contributed by atoms with Crippen molar-refractivity contribution in [3.05, 3.63) is 42.5 Å².